The van der Waals surface area contributed by atoms with Crippen molar-refractivity contribution in [2.24, 2.45) is 44.8 Å². The minimum Gasteiger partial charge on any atom is -0.358 e. The number of aromatic amines is 1. The molecule has 1 heterocycles. The Kier molecular flexibility index (Phi) is 7.29. The summed E-state index contributed by atoms with van der Waals surface area (Å²) in [5, 5.41) is 1.35. The Morgan fingerprint density at radius 1 is 0.898 bits per heavy atom. The van der Waals surface area contributed by atoms with E-state index in [1.807, 2.05) is 0 Å². The molecule has 5 aliphatic carbocycles. The third-order valence-electron chi connectivity index (χ3n) is 15.6. The molecule has 8 rings (SSSR count). The molecule has 262 valence electrons. The molecule has 0 radical (unpaired) electrons. The molecule has 0 spiro atoms. The maximum absolute atomic E-state index is 14.5. The first-order valence-corrected chi connectivity index (χ1v) is 20.8. The molecule has 1 amide bonds. The fraction of sp³-hybridized carbons (Fsp3) is 0.595. The fourth-order valence-corrected chi connectivity index (χ4v) is 14.3. The van der Waals surface area contributed by atoms with Crippen molar-refractivity contribution in [1.29, 1.82) is 0 Å². The minimum absolute atomic E-state index is 0.0253. The number of benzene rings is 2. The fourth-order valence-electron chi connectivity index (χ4n) is 12.8. The molecule has 3 saturated carbocycles. The minimum atomic E-state index is -3.96. The lowest BCUT2D eigenvalue weighted by Crippen LogP contribution is -2.65. The van der Waals surface area contributed by atoms with Crippen LogP contribution in [0.4, 0.5) is 0 Å². The number of carbonyl (C=O) groups excluding carboxylic acids is 1. The molecule has 2 aromatic carbocycles. The van der Waals surface area contributed by atoms with Crippen LogP contribution in [0.1, 0.15) is 111 Å². The van der Waals surface area contributed by atoms with Crippen molar-refractivity contribution in [3.05, 3.63) is 75.9 Å². The van der Waals surface area contributed by atoms with E-state index >= 15 is 0 Å². The van der Waals surface area contributed by atoms with Crippen LogP contribution in [0.15, 0.2) is 69.5 Å². The number of aromatic nitrogens is 1. The second-order valence-corrected chi connectivity index (χ2v) is 21.3. The van der Waals surface area contributed by atoms with Crippen molar-refractivity contribution in [3.8, 4) is 0 Å². The molecule has 2 N–H and O–H groups in total. The van der Waals surface area contributed by atoms with E-state index in [2.05, 4.69) is 98.4 Å². The first-order valence-electron chi connectivity index (χ1n) is 18.5. The number of amides is 1. The van der Waals surface area contributed by atoms with Gasteiger partial charge in [-0.1, -0.05) is 94.2 Å². The molecule has 0 saturated heterocycles. The maximum Gasteiger partial charge on any atom is 0.264 e. The molecule has 5 nitrogen and oxygen atoms in total. The van der Waals surface area contributed by atoms with Crippen molar-refractivity contribution in [2.75, 3.05) is 0 Å². The molecule has 0 aliphatic heterocycles. The summed E-state index contributed by atoms with van der Waals surface area (Å²) < 4.78 is 30.8. The van der Waals surface area contributed by atoms with E-state index < -0.39 is 15.4 Å². The first kappa shape index (κ1) is 33.7. The topological polar surface area (TPSA) is 79.0 Å². The second-order valence-electron chi connectivity index (χ2n) is 18.7. The molecule has 3 fully saturated rings. The summed E-state index contributed by atoms with van der Waals surface area (Å²) >= 11 is 3.76. The largest absolute Gasteiger partial charge is 0.358 e. The van der Waals surface area contributed by atoms with Gasteiger partial charge in [0.05, 0.1) is 10.3 Å². The van der Waals surface area contributed by atoms with Crippen LogP contribution in [-0.2, 0) is 26.7 Å². The highest BCUT2D eigenvalue weighted by atomic mass is 79.9. The van der Waals surface area contributed by atoms with E-state index in [9.17, 15) is 13.2 Å². The summed E-state index contributed by atoms with van der Waals surface area (Å²) in [7, 11) is -3.96. The van der Waals surface area contributed by atoms with E-state index in [1.54, 1.807) is 30.3 Å². The van der Waals surface area contributed by atoms with Crippen LogP contribution in [-0.4, -0.2) is 19.3 Å². The maximum atomic E-state index is 14.5. The van der Waals surface area contributed by atoms with Crippen molar-refractivity contribution < 1.29 is 13.2 Å². The number of fused-ring (bicyclic) bond motifs is 10. The Morgan fingerprint density at radius 2 is 1.61 bits per heavy atom. The van der Waals surface area contributed by atoms with Gasteiger partial charge in [0.25, 0.3) is 10.0 Å². The Balaban J connectivity index is 1.20. The predicted molar refractivity (Wildman–Crippen MR) is 201 cm³/mol. The summed E-state index contributed by atoms with van der Waals surface area (Å²) in [6, 6.07) is 15.0. The number of hydrogen-bond donors (Lipinski definition) is 2. The molecule has 5 aliphatic rings. The van der Waals surface area contributed by atoms with Crippen LogP contribution < -0.4 is 4.72 Å². The average Bonchev–Trinajstić information content (AvgIpc) is 3.39. The van der Waals surface area contributed by atoms with Gasteiger partial charge in [-0.15, -0.1) is 0 Å². The molecule has 0 unspecified atom stereocenters. The first-order chi connectivity index (χ1) is 22.9. The molecule has 7 atom stereocenters. The SMILES string of the molecule is CC1(C)CC[C@]2(C(=O)NS(=O)(=O)c3ccccc3)CC[C@]3(C)C(=CC[C@@H]4[C@@]5(C)Cc6c([nH]c7ccc(Br)cc67)C(C)(C)[C@@H]5CC[C@]43C)[C@@H]2C1. The predicted octanol–water partition coefficient (Wildman–Crippen LogP) is 10.3. The zero-order valence-electron chi connectivity index (χ0n) is 30.3. The number of H-pyrrole nitrogens is 1. The summed E-state index contributed by atoms with van der Waals surface area (Å²) in [6.45, 7) is 17.4. The van der Waals surface area contributed by atoms with Crippen LogP contribution >= 0.6 is 15.9 Å². The monoisotopic (exact) mass is 744 g/mol. The van der Waals surface area contributed by atoms with Gasteiger partial charge in [0.2, 0.25) is 5.91 Å². The lowest BCUT2D eigenvalue weighted by Gasteiger charge is -2.70. The number of carbonyl (C=O) groups is 1. The van der Waals surface area contributed by atoms with Crippen LogP contribution in [0.2, 0.25) is 0 Å². The molecule has 7 heteroatoms. The molecule has 1 aromatic heterocycles. The third kappa shape index (κ3) is 4.58. The van der Waals surface area contributed by atoms with Gasteiger partial charge in [-0.2, -0.15) is 0 Å². The second kappa shape index (κ2) is 10.6. The Hall–Kier alpha value is -2.38. The summed E-state index contributed by atoms with van der Waals surface area (Å²) in [6.07, 6.45) is 11.2. The van der Waals surface area contributed by atoms with Gasteiger partial charge in [0.1, 0.15) is 0 Å². The van der Waals surface area contributed by atoms with E-state index in [-0.39, 0.29) is 43.8 Å². The summed E-state index contributed by atoms with van der Waals surface area (Å²) in [5.74, 6) is 0.804. The Morgan fingerprint density at radius 3 is 2.35 bits per heavy atom. The lowest BCUT2D eigenvalue weighted by atomic mass is 9.33. The van der Waals surface area contributed by atoms with Gasteiger partial charge >= 0.3 is 0 Å². The van der Waals surface area contributed by atoms with Crippen molar-refractivity contribution in [3.63, 3.8) is 0 Å². The molecule has 3 aromatic rings. The van der Waals surface area contributed by atoms with Crippen LogP contribution in [0, 0.1) is 44.8 Å². The van der Waals surface area contributed by atoms with Crippen LogP contribution in [0.25, 0.3) is 10.9 Å². The highest BCUT2D eigenvalue weighted by molar-refractivity contribution is 9.10. The molecular formula is C42H53BrN2O3S. The summed E-state index contributed by atoms with van der Waals surface area (Å²) in [5.41, 5.74) is 5.13. The number of halogens is 1. The zero-order valence-corrected chi connectivity index (χ0v) is 32.7. The molecule has 49 heavy (non-hydrogen) atoms. The van der Waals surface area contributed by atoms with E-state index in [0.29, 0.717) is 11.8 Å². The van der Waals surface area contributed by atoms with Crippen molar-refractivity contribution in [1.82, 2.24) is 9.71 Å². The molecule has 0 bridgehead atoms. The quantitative estimate of drug-likeness (QED) is 0.262. The van der Waals surface area contributed by atoms with Crippen molar-refractivity contribution in [2.45, 2.75) is 117 Å². The van der Waals surface area contributed by atoms with Crippen LogP contribution in [0.3, 0.4) is 0 Å². The smallest absolute Gasteiger partial charge is 0.264 e. The van der Waals surface area contributed by atoms with Gasteiger partial charge in [-0.25, -0.2) is 13.1 Å². The van der Waals surface area contributed by atoms with Crippen LogP contribution in [0.5, 0.6) is 0 Å². The number of sulfonamides is 1. The van der Waals surface area contributed by atoms with Gasteiger partial charge in [0.15, 0.2) is 0 Å². The number of hydrogen-bond acceptors (Lipinski definition) is 3. The molecular weight excluding hydrogens is 692 g/mol. The highest BCUT2D eigenvalue weighted by Crippen LogP contribution is 2.75. The van der Waals surface area contributed by atoms with Gasteiger partial charge < -0.3 is 4.98 Å². The van der Waals surface area contributed by atoms with Crippen molar-refractivity contribution >= 4 is 42.8 Å². The number of nitrogens with one attached hydrogen (secondary N) is 2. The average molecular weight is 746 g/mol. The Bertz CT molecular complexity index is 2010. The lowest BCUT2D eigenvalue weighted by molar-refractivity contribution is -0.166. The standard InChI is InChI=1S/C42H53BrN2O3S/c1-37(2)19-21-42(36(46)45-49(47,48)27-11-9-8-10-12-27)22-20-40(6)30(31(42)25-37)14-16-34-39(5)24-29-28-23-26(43)13-15-32(28)44-35(29)38(3,4)33(39)17-18-41(34,40)7/h8-15,23,31,33-34,44H,16-22,24-25H2,1-7H3,(H,45,46)/t31-,33-,34+,39-,40+,41+,42-/m0/s1. The number of rotatable bonds is 3. The van der Waals surface area contributed by atoms with E-state index in [0.717, 1.165) is 49.4 Å². The van der Waals surface area contributed by atoms with E-state index in [1.165, 1.54) is 40.6 Å². The zero-order chi connectivity index (χ0) is 35.0. The summed E-state index contributed by atoms with van der Waals surface area (Å²) in [4.78, 5) is 18.5. The van der Waals surface area contributed by atoms with Gasteiger partial charge in [0, 0.05) is 26.5 Å². The highest BCUT2D eigenvalue weighted by Gasteiger charge is 2.69. The normalized spacial score (nSPS) is 37.5. The Labute approximate surface area is 301 Å². The van der Waals surface area contributed by atoms with E-state index in [4.69, 9.17) is 0 Å². The van der Waals surface area contributed by atoms with Gasteiger partial charge in [-0.3, -0.25) is 4.79 Å². The third-order valence-corrected chi connectivity index (χ3v) is 17.4. The van der Waals surface area contributed by atoms with Gasteiger partial charge in [-0.05, 0) is 133 Å². The number of allylic oxidation sites excluding steroid dienone is 2.